The molecular weight excluding hydrogens is 290 g/mol. The molecule has 21 heavy (non-hydrogen) atoms. The number of benzene rings is 2. The lowest BCUT2D eigenvalue weighted by Crippen LogP contribution is -2.23. The van der Waals surface area contributed by atoms with Crippen LogP contribution in [-0.4, -0.2) is 17.7 Å². The molecule has 0 aliphatic carbocycles. The van der Waals surface area contributed by atoms with Crippen LogP contribution in [0.2, 0.25) is 5.02 Å². The van der Waals surface area contributed by atoms with E-state index in [0.717, 1.165) is 11.1 Å². The number of halogens is 1. The molecule has 1 aliphatic rings. The molecule has 0 spiro atoms. The van der Waals surface area contributed by atoms with Gasteiger partial charge in [-0.1, -0.05) is 29.8 Å². The van der Waals surface area contributed by atoms with Crippen LogP contribution in [-0.2, 0) is 6.54 Å². The number of hydrogen-bond acceptors (Lipinski definition) is 3. The highest BCUT2D eigenvalue weighted by atomic mass is 35.5. The van der Waals surface area contributed by atoms with E-state index in [4.69, 9.17) is 21.4 Å². The maximum atomic E-state index is 11.0. The van der Waals surface area contributed by atoms with Gasteiger partial charge in [0, 0.05) is 17.1 Å². The van der Waals surface area contributed by atoms with Gasteiger partial charge in [-0.3, -0.25) is 0 Å². The quantitative estimate of drug-likeness (QED) is 0.894. The molecule has 4 nitrogen and oxygen atoms in total. The Morgan fingerprint density at radius 2 is 2.00 bits per heavy atom. The molecule has 2 aromatic carbocycles. The van der Waals surface area contributed by atoms with Gasteiger partial charge in [0.1, 0.15) is 12.4 Å². The van der Waals surface area contributed by atoms with Crippen molar-refractivity contribution >= 4 is 17.6 Å². The van der Waals surface area contributed by atoms with Gasteiger partial charge in [-0.25, -0.2) is 4.79 Å². The minimum Gasteiger partial charge on any atom is -0.491 e. The molecule has 1 heterocycles. The van der Waals surface area contributed by atoms with Gasteiger partial charge in [-0.15, -0.1) is 0 Å². The summed E-state index contributed by atoms with van der Waals surface area (Å²) in [6, 6.07) is 12.6. The van der Waals surface area contributed by atoms with Gasteiger partial charge in [0.15, 0.2) is 0 Å². The number of hydrogen-bond donors (Lipinski definition) is 2. The minimum atomic E-state index is -0.951. The van der Waals surface area contributed by atoms with Crippen LogP contribution in [0.5, 0.6) is 5.75 Å². The fourth-order valence-corrected chi connectivity index (χ4v) is 2.47. The number of carboxylic acids is 1. The van der Waals surface area contributed by atoms with Gasteiger partial charge in [0.05, 0.1) is 11.6 Å². The lowest BCUT2D eigenvalue weighted by Gasteiger charge is -2.15. The molecule has 2 aromatic rings. The van der Waals surface area contributed by atoms with Gasteiger partial charge in [0.2, 0.25) is 0 Å². The summed E-state index contributed by atoms with van der Waals surface area (Å²) in [5.74, 6) is -0.327. The van der Waals surface area contributed by atoms with Crippen molar-refractivity contribution in [2.75, 3.05) is 6.61 Å². The number of ether oxygens (including phenoxy) is 1. The zero-order chi connectivity index (χ0) is 14.8. The summed E-state index contributed by atoms with van der Waals surface area (Å²) in [7, 11) is 0. The molecule has 0 fully saturated rings. The first-order valence-electron chi connectivity index (χ1n) is 6.61. The van der Waals surface area contributed by atoms with E-state index in [1.54, 1.807) is 18.2 Å². The summed E-state index contributed by atoms with van der Waals surface area (Å²) in [6.45, 7) is 1.07. The fourth-order valence-electron chi connectivity index (χ4n) is 2.34. The third-order valence-corrected chi connectivity index (χ3v) is 3.78. The number of nitrogens with one attached hydrogen (secondary N) is 1. The van der Waals surface area contributed by atoms with Crippen molar-refractivity contribution < 1.29 is 14.6 Å². The summed E-state index contributed by atoms with van der Waals surface area (Å²) in [6.07, 6.45) is 0. The highest BCUT2D eigenvalue weighted by Crippen LogP contribution is 2.27. The van der Waals surface area contributed by atoms with E-state index in [2.05, 4.69) is 5.32 Å². The molecule has 3 rings (SSSR count). The second-order valence-corrected chi connectivity index (χ2v) is 5.36. The second kappa shape index (κ2) is 5.76. The second-order valence-electron chi connectivity index (χ2n) is 4.92. The van der Waals surface area contributed by atoms with Crippen molar-refractivity contribution in [1.29, 1.82) is 0 Å². The highest BCUT2D eigenvalue weighted by molar-refractivity contribution is 6.30. The number of carbonyl (C=O) groups is 1. The largest absolute Gasteiger partial charge is 0.491 e. The summed E-state index contributed by atoms with van der Waals surface area (Å²) >= 11 is 5.90. The summed E-state index contributed by atoms with van der Waals surface area (Å²) in [4.78, 5) is 11.0. The average molecular weight is 304 g/mol. The smallest absolute Gasteiger partial charge is 0.335 e. The van der Waals surface area contributed by atoms with E-state index < -0.39 is 5.97 Å². The van der Waals surface area contributed by atoms with Crippen LogP contribution >= 0.6 is 11.6 Å². The van der Waals surface area contributed by atoms with Crippen LogP contribution in [0.4, 0.5) is 0 Å². The highest BCUT2D eigenvalue weighted by Gasteiger charge is 2.19. The minimum absolute atomic E-state index is 0.0444. The maximum absolute atomic E-state index is 11.0. The fraction of sp³-hybridized carbons (Fsp3) is 0.188. The SMILES string of the molecule is O=C(O)c1ccc2c(c1)OCC(c1ccc(Cl)cc1)NC2. The first-order chi connectivity index (χ1) is 10.1. The summed E-state index contributed by atoms with van der Waals surface area (Å²) in [5.41, 5.74) is 2.28. The molecule has 1 unspecified atom stereocenters. The van der Waals surface area contributed by atoms with Crippen molar-refractivity contribution in [3.63, 3.8) is 0 Å². The van der Waals surface area contributed by atoms with Gasteiger partial charge >= 0.3 is 5.97 Å². The Morgan fingerprint density at radius 3 is 2.71 bits per heavy atom. The Bertz CT molecular complexity index is 670. The zero-order valence-electron chi connectivity index (χ0n) is 11.2. The monoisotopic (exact) mass is 303 g/mol. The van der Waals surface area contributed by atoms with Crippen molar-refractivity contribution in [3.05, 3.63) is 64.2 Å². The van der Waals surface area contributed by atoms with E-state index in [-0.39, 0.29) is 11.6 Å². The molecule has 0 bridgehead atoms. The van der Waals surface area contributed by atoms with Gasteiger partial charge in [-0.05, 0) is 29.8 Å². The molecule has 5 heteroatoms. The Labute approximate surface area is 127 Å². The van der Waals surface area contributed by atoms with E-state index in [9.17, 15) is 4.79 Å². The molecule has 1 aliphatic heterocycles. The molecule has 108 valence electrons. The first-order valence-corrected chi connectivity index (χ1v) is 6.99. The van der Waals surface area contributed by atoms with Crippen molar-refractivity contribution in [3.8, 4) is 5.75 Å². The summed E-state index contributed by atoms with van der Waals surface area (Å²) in [5, 5.41) is 13.1. The Hall–Kier alpha value is -2.04. The van der Waals surface area contributed by atoms with Crippen LogP contribution in [0.25, 0.3) is 0 Å². The molecular formula is C16H14ClNO3. The predicted molar refractivity (Wildman–Crippen MR) is 79.9 cm³/mol. The molecule has 0 saturated carbocycles. The molecule has 0 amide bonds. The molecule has 0 saturated heterocycles. The van der Waals surface area contributed by atoms with Crippen LogP contribution < -0.4 is 10.1 Å². The molecule has 0 radical (unpaired) electrons. The standard InChI is InChI=1S/C16H14ClNO3/c17-13-5-3-10(4-6-13)14-9-21-15-7-11(16(19)20)1-2-12(15)8-18-14/h1-7,14,18H,8-9H2,(H,19,20). The van der Waals surface area contributed by atoms with Crippen LogP contribution in [0, 0.1) is 0 Å². The normalized spacial score (nSPS) is 17.5. The molecule has 0 aromatic heterocycles. The van der Waals surface area contributed by atoms with Gasteiger partial charge < -0.3 is 15.2 Å². The molecule has 1 atom stereocenters. The van der Waals surface area contributed by atoms with Crippen molar-refractivity contribution in [1.82, 2.24) is 5.32 Å². The molecule has 2 N–H and O–H groups in total. The van der Waals surface area contributed by atoms with E-state index in [1.807, 2.05) is 24.3 Å². The van der Waals surface area contributed by atoms with Crippen molar-refractivity contribution in [2.24, 2.45) is 0 Å². The van der Waals surface area contributed by atoms with Gasteiger partial charge in [0.25, 0.3) is 0 Å². The number of carboxylic acid groups (broad SMARTS) is 1. The first kappa shape index (κ1) is 13.9. The van der Waals surface area contributed by atoms with Gasteiger partial charge in [-0.2, -0.15) is 0 Å². The van der Waals surface area contributed by atoms with Crippen LogP contribution in [0.15, 0.2) is 42.5 Å². The lowest BCUT2D eigenvalue weighted by atomic mass is 10.1. The number of aromatic carboxylic acids is 1. The predicted octanol–water partition coefficient (Wildman–Crippen LogP) is 3.26. The lowest BCUT2D eigenvalue weighted by molar-refractivity contribution is 0.0696. The third-order valence-electron chi connectivity index (χ3n) is 3.53. The Balaban J connectivity index is 1.81. The Morgan fingerprint density at radius 1 is 1.24 bits per heavy atom. The Kier molecular flexibility index (Phi) is 3.82. The number of fused-ring (bicyclic) bond motifs is 1. The number of rotatable bonds is 2. The van der Waals surface area contributed by atoms with Crippen LogP contribution in [0.3, 0.4) is 0 Å². The zero-order valence-corrected chi connectivity index (χ0v) is 11.9. The third kappa shape index (κ3) is 3.01. The van der Waals surface area contributed by atoms with Crippen LogP contribution in [0.1, 0.15) is 27.5 Å². The van der Waals surface area contributed by atoms with E-state index in [0.29, 0.717) is 23.9 Å². The van der Waals surface area contributed by atoms with Crippen molar-refractivity contribution in [2.45, 2.75) is 12.6 Å². The van der Waals surface area contributed by atoms with E-state index >= 15 is 0 Å². The summed E-state index contributed by atoms with van der Waals surface area (Å²) < 4.78 is 5.78. The maximum Gasteiger partial charge on any atom is 0.335 e. The van der Waals surface area contributed by atoms with E-state index in [1.165, 1.54) is 0 Å². The average Bonchev–Trinajstić information content (AvgIpc) is 2.70. The topological polar surface area (TPSA) is 58.6 Å².